The number of nitrogens with zero attached hydrogens (tertiary/aromatic N) is 3. The van der Waals surface area contributed by atoms with Crippen LogP contribution in [-0.2, 0) is 23.2 Å². The van der Waals surface area contributed by atoms with Crippen molar-refractivity contribution < 1.29 is 9.59 Å². The van der Waals surface area contributed by atoms with E-state index in [2.05, 4.69) is 10.4 Å². The fraction of sp³-hybridized carbons (Fsp3) is 0.312. The number of nitrogens with one attached hydrogen (secondary N) is 1. The van der Waals surface area contributed by atoms with Crippen molar-refractivity contribution in [2.75, 3.05) is 5.32 Å². The number of aromatic nitrogens is 2. The highest BCUT2D eigenvalue weighted by Crippen LogP contribution is 2.28. The Hall–Kier alpha value is -2.63. The first-order valence-electron chi connectivity index (χ1n) is 7.29. The molecule has 0 unspecified atom stereocenters. The van der Waals surface area contributed by atoms with Crippen molar-refractivity contribution in [1.82, 2.24) is 14.7 Å². The van der Waals surface area contributed by atoms with Crippen LogP contribution in [0.15, 0.2) is 42.6 Å². The molecule has 3 rings (SSSR count). The highest BCUT2D eigenvalue weighted by atomic mass is 16.2. The summed E-state index contributed by atoms with van der Waals surface area (Å²) >= 11 is 0. The second-order valence-corrected chi connectivity index (χ2v) is 5.48. The minimum atomic E-state index is -0.637. The lowest BCUT2D eigenvalue weighted by molar-refractivity contribution is -0.144. The highest BCUT2D eigenvalue weighted by molar-refractivity contribution is 6.39. The number of carbonyl (C=O) groups excluding carboxylic acids is 2. The lowest BCUT2D eigenvalue weighted by atomic mass is 10.2. The maximum Gasteiger partial charge on any atom is 0.315 e. The molecular weight excluding hydrogens is 280 g/mol. The largest absolute Gasteiger partial charge is 0.327 e. The number of carbonyl (C=O) groups is 2. The lowest BCUT2D eigenvalue weighted by Crippen LogP contribution is -2.40. The van der Waals surface area contributed by atoms with Crippen molar-refractivity contribution in [2.24, 2.45) is 7.05 Å². The van der Waals surface area contributed by atoms with E-state index in [1.165, 1.54) is 0 Å². The van der Waals surface area contributed by atoms with E-state index in [1.807, 2.05) is 30.3 Å². The van der Waals surface area contributed by atoms with Gasteiger partial charge in [-0.25, -0.2) is 0 Å². The van der Waals surface area contributed by atoms with Crippen LogP contribution in [0.2, 0.25) is 0 Å². The van der Waals surface area contributed by atoms with E-state index in [0.717, 1.165) is 18.4 Å². The summed E-state index contributed by atoms with van der Waals surface area (Å²) in [5, 5.41) is 6.60. The van der Waals surface area contributed by atoms with Crippen molar-refractivity contribution in [1.29, 1.82) is 0 Å². The molecular formula is C16H18N4O2. The van der Waals surface area contributed by atoms with Gasteiger partial charge in [-0.05, 0) is 18.4 Å². The number of hydrogen-bond acceptors (Lipinski definition) is 3. The van der Waals surface area contributed by atoms with Crippen LogP contribution in [0.25, 0.3) is 0 Å². The molecule has 6 nitrogen and oxygen atoms in total. The Balaban J connectivity index is 1.68. The van der Waals surface area contributed by atoms with Gasteiger partial charge in [-0.3, -0.25) is 14.3 Å². The molecule has 1 N–H and O–H groups in total. The molecule has 2 amide bonds. The lowest BCUT2D eigenvalue weighted by Gasteiger charge is -2.21. The predicted molar refractivity (Wildman–Crippen MR) is 81.9 cm³/mol. The van der Waals surface area contributed by atoms with Gasteiger partial charge in [0, 0.05) is 31.9 Å². The van der Waals surface area contributed by atoms with Gasteiger partial charge in [0.05, 0.1) is 0 Å². The average Bonchev–Trinajstić information content (AvgIpc) is 3.28. The maximum absolute atomic E-state index is 12.4. The van der Waals surface area contributed by atoms with Gasteiger partial charge in [0.1, 0.15) is 0 Å². The Labute approximate surface area is 128 Å². The molecule has 0 radical (unpaired) electrons. The first-order valence-corrected chi connectivity index (χ1v) is 7.29. The van der Waals surface area contributed by atoms with Gasteiger partial charge in [0.15, 0.2) is 5.82 Å². The Kier molecular flexibility index (Phi) is 3.91. The summed E-state index contributed by atoms with van der Waals surface area (Å²) in [5.41, 5.74) is 1.02. The molecule has 2 aromatic rings. The van der Waals surface area contributed by atoms with Gasteiger partial charge in [-0.2, -0.15) is 5.10 Å². The van der Waals surface area contributed by atoms with Crippen LogP contribution in [0.1, 0.15) is 18.4 Å². The minimum Gasteiger partial charge on any atom is -0.327 e. The number of benzene rings is 1. The second kappa shape index (κ2) is 6.01. The molecule has 0 spiro atoms. The Bertz CT molecular complexity index is 676. The second-order valence-electron chi connectivity index (χ2n) is 5.48. The molecule has 0 saturated heterocycles. The molecule has 1 aliphatic rings. The summed E-state index contributed by atoms with van der Waals surface area (Å²) < 4.78 is 1.57. The van der Waals surface area contributed by atoms with Gasteiger partial charge in [-0.15, -0.1) is 0 Å². The van der Waals surface area contributed by atoms with Crippen LogP contribution in [-0.4, -0.2) is 32.5 Å². The summed E-state index contributed by atoms with van der Waals surface area (Å²) in [6, 6.07) is 11.5. The van der Waals surface area contributed by atoms with Gasteiger partial charge in [-0.1, -0.05) is 30.3 Å². The normalized spacial score (nSPS) is 13.7. The van der Waals surface area contributed by atoms with E-state index < -0.39 is 11.8 Å². The van der Waals surface area contributed by atoms with E-state index in [-0.39, 0.29) is 6.04 Å². The minimum absolute atomic E-state index is 0.169. The van der Waals surface area contributed by atoms with Crippen LogP contribution in [0.3, 0.4) is 0 Å². The third-order valence-corrected chi connectivity index (χ3v) is 3.59. The zero-order valence-corrected chi connectivity index (χ0v) is 12.4. The zero-order chi connectivity index (χ0) is 15.5. The number of anilines is 1. The van der Waals surface area contributed by atoms with Crippen molar-refractivity contribution in [3.63, 3.8) is 0 Å². The quantitative estimate of drug-likeness (QED) is 0.871. The maximum atomic E-state index is 12.4. The molecule has 0 aliphatic heterocycles. The first kappa shape index (κ1) is 14.3. The zero-order valence-electron chi connectivity index (χ0n) is 12.4. The first-order chi connectivity index (χ1) is 10.6. The molecule has 6 heteroatoms. The highest BCUT2D eigenvalue weighted by Gasteiger charge is 2.35. The van der Waals surface area contributed by atoms with E-state index in [1.54, 1.807) is 28.9 Å². The molecule has 1 aliphatic carbocycles. The Morgan fingerprint density at radius 3 is 2.59 bits per heavy atom. The summed E-state index contributed by atoms with van der Waals surface area (Å²) in [7, 11) is 1.75. The predicted octanol–water partition coefficient (Wildman–Crippen LogP) is 1.55. The van der Waals surface area contributed by atoms with E-state index >= 15 is 0 Å². The smallest absolute Gasteiger partial charge is 0.315 e. The van der Waals surface area contributed by atoms with Gasteiger partial charge in [0.25, 0.3) is 0 Å². The number of hydrogen-bond donors (Lipinski definition) is 1. The van der Waals surface area contributed by atoms with Crippen molar-refractivity contribution in [2.45, 2.75) is 25.4 Å². The SMILES string of the molecule is Cn1ccc(NC(=O)C(=O)N(Cc2ccccc2)C2CC2)n1. The summed E-state index contributed by atoms with van der Waals surface area (Å²) in [5.74, 6) is -0.755. The van der Waals surface area contributed by atoms with Gasteiger partial charge < -0.3 is 10.2 Å². The average molecular weight is 298 g/mol. The van der Waals surface area contributed by atoms with Crippen molar-refractivity contribution >= 4 is 17.6 Å². The van der Waals surface area contributed by atoms with Gasteiger partial charge >= 0.3 is 11.8 Å². The Morgan fingerprint density at radius 1 is 1.27 bits per heavy atom. The van der Waals surface area contributed by atoms with E-state index in [9.17, 15) is 9.59 Å². The monoisotopic (exact) mass is 298 g/mol. The topological polar surface area (TPSA) is 67.2 Å². The molecule has 1 heterocycles. The van der Waals surface area contributed by atoms with Crippen LogP contribution >= 0.6 is 0 Å². The third-order valence-electron chi connectivity index (χ3n) is 3.59. The molecule has 1 fully saturated rings. The summed E-state index contributed by atoms with van der Waals surface area (Å²) in [6.07, 6.45) is 3.62. The van der Waals surface area contributed by atoms with Crippen molar-refractivity contribution in [3.8, 4) is 0 Å². The van der Waals surface area contributed by atoms with Gasteiger partial charge in [0.2, 0.25) is 0 Å². The van der Waals surface area contributed by atoms with Crippen LogP contribution in [0.5, 0.6) is 0 Å². The number of amides is 2. The summed E-state index contributed by atoms with van der Waals surface area (Å²) in [6.45, 7) is 0.458. The molecule has 22 heavy (non-hydrogen) atoms. The number of rotatable bonds is 4. The Morgan fingerprint density at radius 2 is 2.00 bits per heavy atom. The van der Waals surface area contributed by atoms with Crippen LogP contribution in [0.4, 0.5) is 5.82 Å². The summed E-state index contributed by atoms with van der Waals surface area (Å²) in [4.78, 5) is 26.2. The fourth-order valence-corrected chi connectivity index (χ4v) is 2.32. The molecule has 1 aromatic carbocycles. The molecule has 114 valence electrons. The van der Waals surface area contributed by atoms with E-state index in [4.69, 9.17) is 0 Å². The molecule has 0 bridgehead atoms. The third kappa shape index (κ3) is 3.33. The standard InChI is InChI=1S/C16H18N4O2/c1-19-10-9-14(18-19)17-15(21)16(22)20(13-7-8-13)11-12-5-3-2-4-6-12/h2-6,9-10,13H,7-8,11H2,1H3,(H,17,18,21). The van der Waals surface area contributed by atoms with E-state index in [0.29, 0.717) is 12.4 Å². The van der Waals surface area contributed by atoms with Crippen LogP contribution < -0.4 is 5.32 Å². The molecule has 1 aromatic heterocycles. The molecule has 1 saturated carbocycles. The van der Waals surface area contributed by atoms with Crippen LogP contribution in [0, 0.1) is 0 Å². The molecule has 0 atom stereocenters. The van der Waals surface area contributed by atoms with Crippen molar-refractivity contribution in [3.05, 3.63) is 48.2 Å². The number of aryl methyl sites for hydroxylation is 1. The fourth-order valence-electron chi connectivity index (χ4n) is 2.32.